The molecule has 0 aromatic carbocycles. The van der Waals surface area contributed by atoms with Crippen molar-refractivity contribution >= 4 is 0 Å². The van der Waals surface area contributed by atoms with Gasteiger partial charge in [0.2, 0.25) is 0 Å². The Bertz CT molecular complexity index is 327. The van der Waals surface area contributed by atoms with E-state index in [9.17, 15) is 0 Å². The van der Waals surface area contributed by atoms with Crippen molar-refractivity contribution in [2.75, 3.05) is 13.7 Å². The molecule has 1 aromatic rings. The molecule has 0 aliphatic carbocycles. The minimum Gasteiger partial charge on any atom is -0.493 e. The van der Waals surface area contributed by atoms with Crippen LogP contribution in [0.5, 0.6) is 5.75 Å². The Kier molecular flexibility index (Phi) is 3.49. The first-order valence-electron chi connectivity index (χ1n) is 6.09. The molecule has 1 N–H and O–H groups in total. The highest BCUT2D eigenvalue weighted by molar-refractivity contribution is 5.28. The van der Waals surface area contributed by atoms with Gasteiger partial charge in [0.05, 0.1) is 25.0 Å². The Morgan fingerprint density at radius 2 is 2.44 bits per heavy atom. The van der Waals surface area contributed by atoms with E-state index in [1.165, 1.54) is 18.5 Å². The van der Waals surface area contributed by atoms with Gasteiger partial charge in [0.25, 0.3) is 0 Å². The lowest BCUT2D eigenvalue weighted by Crippen LogP contribution is -2.32. The molecule has 2 unspecified atom stereocenters. The zero-order valence-corrected chi connectivity index (χ0v) is 10.4. The lowest BCUT2D eigenvalue weighted by molar-refractivity contribution is 0.302. The molecule has 2 atom stereocenters. The minimum absolute atomic E-state index is 0.390. The fourth-order valence-electron chi connectivity index (χ4n) is 2.45. The van der Waals surface area contributed by atoms with Crippen molar-refractivity contribution in [2.24, 2.45) is 5.92 Å². The second-order valence-electron chi connectivity index (χ2n) is 4.55. The summed E-state index contributed by atoms with van der Waals surface area (Å²) in [4.78, 5) is 0. The quantitative estimate of drug-likeness (QED) is 0.851. The third-order valence-electron chi connectivity index (χ3n) is 3.36. The van der Waals surface area contributed by atoms with Crippen molar-refractivity contribution in [3.05, 3.63) is 11.9 Å². The number of hydrogen-bond acceptors (Lipinski definition) is 3. The van der Waals surface area contributed by atoms with Gasteiger partial charge in [0.1, 0.15) is 0 Å². The predicted molar refractivity (Wildman–Crippen MR) is 63.6 cm³/mol. The molecule has 90 valence electrons. The van der Waals surface area contributed by atoms with Crippen LogP contribution in [-0.2, 0) is 6.54 Å². The Balaban J connectivity index is 2.26. The Hall–Kier alpha value is -1.03. The van der Waals surface area contributed by atoms with Gasteiger partial charge in [-0.05, 0) is 32.2 Å². The number of piperidine rings is 1. The van der Waals surface area contributed by atoms with E-state index >= 15 is 0 Å². The maximum atomic E-state index is 5.39. The standard InChI is InChI=1S/C12H21N3O/c1-4-15-12(11(16-3)8-14-15)10-7-9(2)5-6-13-10/h8-10,13H,4-7H2,1-3H3. The van der Waals surface area contributed by atoms with E-state index in [1.54, 1.807) is 7.11 Å². The third-order valence-corrected chi connectivity index (χ3v) is 3.36. The van der Waals surface area contributed by atoms with E-state index in [1.807, 2.05) is 10.9 Å². The smallest absolute Gasteiger partial charge is 0.161 e. The molecule has 2 heterocycles. The van der Waals surface area contributed by atoms with Crippen LogP contribution in [0.2, 0.25) is 0 Å². The lowest BCUT2D eigenvalue weighted by atomic mass is 9.92. The van der Waals surface area contributed by atoms with Gasteiger partial charge in [-0.1, -0.05) is 6.92 Å². The van der Waals surface area contributed by atoms with E-state index in [0.717, 1.165) is 24.8 Å². The van der Waals surface area contributed by atoms with E-state index in [0.29, 0.717) is 6.04 Å². The normalized spacial score (nSPS) is 25.7. The topological polar surface area (TPSA) is 39.1 Å². The molecule has 1 fully saturated rings. The molecule has 16 heavy (non-hydrogen) atoms. The highest BCUT2D eigenvalue weighted by atomic mass is 16.5. The number of hydrogen-bond donors (Lipinski definition) is 1. The van der Waals surface area contributed by atoms with Crippen LogP contribution in [0.25, 0.3) is 0 Å². The molecule has 0 bridgehead atoms. The molecular formula is C12H21N3O. The Morgan fingerprint density at radius 1 is 1.62 bits per heavy atom. The largest absolute Gasteiger partial charge is 0.493 e. The van der Waals surface area contributed by atoms with Crippen LogP contribution < -0.4 is 10.1 Å². The van der Waals surface area contributed by atoms with E-state index in [-0.39, 0.29) is 0 Å². The maximum Gasteiger partial charge on any atom is 0.161 e. The summed E-state index contributed by atoms with van der Waals surface area (Å²) in [6, 6.07) is 0.390. The number of rotatable bonds is 3. The molecule has 4 heteroatoms. The molecule has 0 spiro atoms. The van der Waals surface area contributed by atoms with Gasteiger partial charge in [-0.15, -0.1) is 0 Å². The first kappa shape index (κ1) is 11.5. The molecule has 0 amide bonds. The molecule has 1 saturated heterocycles. The fraction of sp³-hybridized carbons (Fsp3) is 0.750. The first-order valence-corrected chi connectivity index (χ1v) is 6.09. The van der Waals surface area contributed by atoms with E-state index in [2.05, 4.69) is 24.3 Å². The molecule has 0 saturated carbocycles. The van der Waals surface area contributed by atoms with Crippen LogP contribution >= 0.6 is 0 Å². The summed E-state index contributed by atoms with van der Waals surface area (Å²) >= 11 is 0. The average Bonchev–Trinajstić information content (AvgIpc) is 2.71. The monoisotopic (exact) mass is 223 g/mol. The summed E-state index contributed by atoms with van der Waals surface area (Å²) in [7, 11) is 1.72. The third kappa shape index (κ3) is 2.07. The van der Waals surface area contributed by atoms with Gasteiger partial charge in [0, 0.05) is 6.54 Å². The van der Waals surface area contributed by atoms with Crippen LogP contribution in [0.4, 0.5) is 0 Å². The molecule has 1 aromatic heterocycles. The Labute approximate surface area is 97.0 Å². The zero-order chi connectivity index (χ0) is 11.5. The number of nitrogens with one attached hydrogen (secondary N) is 1. The number of nitrogens with zero attached hydrogens (tertiary/aromatic N) is 2. The van der Waals surface area contributed by atoms with Gasteiger partial charge < -0.3 is 10.1 Å². The van der Waals surface area contributed by atoms with Gasteiger partial charge >= 0.3 is 0 Å². The van der Waals surface area contributed by atoms with Crippen LogP contribution in [0.15, 0.2) is 6.20 Å². The average molecular weight is 223 g/mol. The van der Waals surface area contributed by atoms with Crippen molar-refractivity contribution in [3.8, 4) is 5.75 Å². The summed E-state index contributed by atoms with van der Waals surface area (Å²) in [5.41, 5.74) is 1.21. The number of aromatic nitrogens is 2. The SMILES string of the molecule is CCn1ncc(OC)c1C1CC(C)CCN1. The zero-order valence-electron chi connectivity index (χ0n) is 10.4. The Morgan fingerprint density at radius 3 is 3.06 bits per heavy atom. The molecule has 0 radical (unpaired) electrons. The molecule has 2 rings (SSSR count). The van der Waals surface area contributed by atoms with Crippen molar-refractivity contribution in [1.29, 1.82) is 0 Å². The van der Waals surface area contributed by atoms with Crippen LogP contribution in [-0.4, -0.2) is 23.4 Å². The van der Waals surface area contributed by atoms with Gasteiger partial charge in [0.15, 0.2) is 5.75 Å². The van der Waals surface area contributed by atoms with Crippen LogP contribution in [0.3, 0.4) is 0 Å². The van der Waals surface area contributed by atoms with E-state index < -0.39 is 0 Å². The van der Waals surface area contributed by atoms with Gasteiger partial charge in [-0.25, -0.2) is 0 Å². The van der Waals surface area contributed by atoms with Gasteiger partial charge in [-0.2, -0.15) is 5.10 Å². The van der Waals surface area contributed by atoms with Gasteiger partial charge in [-0.3, -0.25) is 4.68 Å². The highest BCUT2D eigenvalue weighted by Crippen LogP contribution is 2.32. The minimum atomic E-state index is 0.390. The molecule has 1 aliphatic rings. The van der Waals surface area contributed by atoms with Crippen molar-refractivity contribution < 1.29 is 4.74 Å². The maximum absolute atomic E-state index is 5.39. The van der Waals surface area contributed by atoms with Crippen molar-refractivity contribution in [2.45, 2.75) is 39.3 Å². The lowest BCUT2D eigenvalue weighted by Gasteiger charge is -2.29. The van der Waals surface area contributed by atoms with Crippen LogP contribution in [0, 0.1) is 5.92 Å². The second-order valence-corrected chi connectivity index (χ2v) is 4.55. The van der Waals surface area contributed by atoms with Crippen molar-refractivity contribution in [3.63, 3.8) is 0 Å². The number of ether oxygens (including phenoxy) is 1. The summed E-state index contributed by atoms with van der Waals surface area (Å²) in [6.45, 7) is 6.41. The van der Waals surface area contributed by atoms with Crippen LogP contribution in [0.1, 0.15) is 38.4 Å². The summed E-state index contributed by atoms with van der Waals surface area (Å²) in [6.07, 6.45) is 4.25. The van der Waals surface area contributed by atoms with Crippen molar-refractivity contribution in [1.82, 2.24) is 15.1 Å². The number of aryl methyl sites for hydroxylation is 1. The molecule has 1 aliphatic heterocycles. The summed E-state index contributed by atoms with van der Waals surface area (Å²) in [5.74, 6) is 1.68. The first-order chi connectivity index (χ1) is 7.76. The molecular weight excluding hydrogens is 202 g/mol. The summed E-state index contributed by atoms with van der Waals surface area (Å²) in [5, 5.41) is 7.92. The van der Waals surface area contributed by atoms with E-state index in [4.69, 9.17) is 4.74 Å². The summed E-state index contributed by atoms with van der Waals surface area (Å²) < 4.78 is 7.43. The molecule has 4 nitrogen and oxygen atoms in total. The highest BCUT2D eigenvalue weighted by Gasteiger charge is 2.25. The number of methoxy groups -OCH3 is 1. The predicted octanol–water partition coefficient (Wildman–Crippen LogP) is 1.97. The second kappa shape index (κ2) is 4.87. The fourth-order valence-corrected chi connectivity index (χ4v) is 2.45.